The third-order valence-corrected chi connectivity index (χ3v) is 5.07. The highest BCUT2D eigenvalue weighted by Gasteiger charge is 2.36. The van der Waals surface area contributed by atoms with Crippen LogP contribution in [0.1, 0.15) is 59.3 Å². The van der Waals surface area contributed by atoms with E-state index in [1.54, 1.807) is 13.8 Å². The van der Waals surface area contributed by atoms with E-state index in [0.29, 0.717) is 19.3 Å². The minimum absolute atomic E-state index is 0.0219. The van der Waals surface area contributed by atoms with Crippen molar-refractivity contribution >= 4 is 17.9 Å². The van der Waals surface area contributed by atoms with E-state index in [4.69, 9.17) is 14.2 Å². The maximum absolute atomic E-state index is 12.1. The Morgan fingerprint density at radius 3 is 2.26 bits per heavy atom. The highest BCUT2D eigenvalue weighted by molar-refractivity contribution is 5.76. The van der Waals surface area contributed by atoms with Crippen LogP contribution in [0.2, 0.25) is 0 Å². The number of hydrogen-bond donors (Lipinski definition) is 2. The maximum atomic E-state index is 12.1. The van der Waals surface area contributed by atoms with E-state index in [1.165, 1.54) is 0 Å². The van der Waals surface area contributed by atoms with Crippen molar-refractivity contribution in [2.24, 2.45) is 17.3 Å². The van der Waals surface area contributed by atoms with Gasteiger partial charge in [-0.25, -0.2) is 0 Å². The smallest absolute Gasteiger partial charge is 0.311 e. The number of esters is 3. The molecule has 8 heteroatoms. The minimum atomic E-state index is -1.55. The van der Waals surface area contributed by atoms with Gasteiger partial charge in [-0.05, 0) is 33.1 Å². The molecule has 2 N–H and O–H groups in total. The average Bonchev–Trinajstić information content (AvgIpc) is 2.64. The average molecular weight is 388 g/mol. The Labute approximate surface area is 160 Å². The molecule has 0 aromatic heterocycles. The van der Waals surface area contributed by atoms with Crippen molar-refractivity contribution in [3.63, 3.8) is 0 Å². The summed E-state index contributed by atoms with van der Waals surface area (Å²) in [5.74, 6) is -2.51. The van der Waals surface area contributed by atoms with Crippen LogP contribution in [0, 0.1) is 17.3 Å². The lowest BCUT2D eigenvalue weighted by molar-refractivity contribution is -0.166. The van der Waals surface area contributed by atoms with E-state index < -0.39 is 35.5 Å². The van der Waals surface area contributed by atoms with Crippen LogP contribution in [0.5, 0.6) is 0 Å². The van der Waals surface area contributed by atoms with Gasteiger partial charge in [-0.2, -0.15) is 0 Å². The summed E-state index contributed by atoms with van der Waals surface area (Å²) in [6.07, 6.45) is 1.77. The van der Waals surface area contributed by atoms with Crippen LogP contribution in [0.3, 0.4) is 0 Å². The summed E-state index contributed by atoms with van der Waals surface area (Å²) in [5, 5.41) is 18.7. The SMILES string of the molecule is CCC(C)(C)C(=O)OCCOC(=O)CCOC(=O)C1CCCCC1C(O)O. The van der Waals surface area contributed by atoms with Crippen molar-refractivity contribution in [1.82, 2.24) is 0 Å². The van der Waals surface area contributed by atoms with Crippen molar-refractivity contribution in [1.29, 1.82) is 0 Å². The van der Waals surface area contributed by atoms with Crippen LogP contribution in [0.15, 0.2) is 0 Å². The molecule has 0 aromatic rings. The number of aliphatic hydroxyl groups is 2. The van der Waals surface area contributed by atoms with Gasteiger partial charge in [0.2, 0.25) is 0 Å². The van der Waals surface area contributed by atoms with Gasteiger partial charge in [-0.15, -0.1) is 0 Å². The molecule has 1 aliphatic rings. The van der Waals surface area contributed by atoms with Gasteiger partial charge in [0.05, 0.1) is 17.8 Å². The zero-order valence-electron chi connectivity index (χ0n) is 16.4. The lowest BCUT2D eigenvalue weighted by Gasteiger charge is -2.30. The van der Waals surface area contributed by atoms with Crippen LogP contribution < -0.4 is 0 Å². The van der Waals surface area contributed by atoms with Gasteiger partial charge in [0, 0.05) is 5.92 Å². The Kier molecular flexibility index (Phi) is 9.73. The van der Waals surface area contributed by atoms with Crippen LogP contribution in [0.25, 0.3) is 0 Å². The highest BCUT2D eigenvalue weighted by Crippen LogP contribution is 2.32. The molecule has 1 saturated carbocycles. The molecule has 8 nitrogen and oxygen atoms in total. The van der Waals surface area contributed by atoms with Gasteiger partial charge in [-0.3, -0.25) is 14.4 Å². The molecule has 2 atom stereocenters. The van der Waals surface area contributed by atoms with Gasteiger partial charge in [0.25, 0.3) is 0 Å². The van der Waals surface area contributed by atoms with Crippen molar-refractivity contribution in [3.8, 4) is 0 Å². The van der Waals surface area contributed by atoms with Crippen LogP contribution in [0.4, 0.5) is 0 Å². The summed E-state index contributed by atoms with van der Waals surface area (Å²) in [7, 11) is 0. The molecule has 0 amide bonds. The Bertz CT molecular complexity index is 500. The van der Waals surface area contributed by atoms with E-state index in [1.807, 2.05) is 6.92 Å². The number of hydrogen-bond acceptors (Lipinski definition) is 8. The standard InChI is InChI=1S/C19H32O8/c1-4-19(2,3)18(24)27-12-11-25-15(20)9-10-26-17(23)14-8-6-5-7-13(14)16(21)22/h13-14,16,21-22H,4-12H2,1-3H3. The molecule has 0 saturated heterocycles. The molecule has 0 radical (unpaired) electrons. The second kappa shape index (κ2) is 11.2. The number of carbonyl (C=O) groups excluding carboxylic acids is 3. The molecule has 0 spiro atoms. The second-order valence-electron chi connectivity index (χ2n) is 7.48. The van der Waals surface area contributed by atoms with Crippen molar-refractivity contribution in [2.45, 2.75) is 65.6 Å². The molecule has 0 aliphatic heterocycles. The summed E-state index contributed by atoms with van der Waals surface area (Å²) in [6.45, 7) is 5.24. The predicted molar refractivity (Wildman–Crippen MR) is 95.2 cm³/mol. The first-order chi connectivity index (χ1) is 12.7. The van der Waals surface area contributed by atoms with Crippen molar-refractivity contribution < 1.29 is 38.8 Å². The molecule has 27 heavy (non-hydrogen) atoms. The molecule has 2 unspecified atom stereocenters. The molecular weight excluding hydrogens is 356 g/mol. The molecule has 1 fully saturated rings. The number of carbonyl (C=O) groups is 3. The zero-order chi connectivity index (χ0) is 20.4. The minimum Gasteiger partial charge on any atom is -0.465 e. The van der Waals surface area contributed by atoms with E-state index in [-0.39, 0.29) is 32.2 Å². The predicted octanol–water partition coefficient (Wildman–Crippen LogP) is 1.56. The van der Waals surface area contributed by atoms with Crippen LogP contribution in [-0.2, 0) is 28.6 Å². The second-order valence-corrected chi connectivity index (χ2v) is 7.48. The van der Waals surface area contributed by atoms with Crippen LogP contribution in [-0.4, -0.2) is 54.2 Å². The monoisotopic (exact) mass is 388 g/mol. The van der Waals surface area contributed by atoms with Crippen molar-refractivity contribution in [3.05, 3.63) is 0 Å². The fourth-order valence-electron chi connectivity index (χ4n) is 2.85. The van der Waals surface area contributed by atoms with E-state index in [0.717, 1.165) is 12.8 Å². The third-order valence-electron chi connectivity index (χ3n) is 5.07. The number of ether oxygens (including phenoxy) is 3. The fourth-order valence-corrected chi connectivity index (χ4v) is 2.85. The maximum Gasteiger partial charge on any atom is 0.311 e. The summed E-state index contributed by atoms with van der Waals surface area (Å²) in [5.41, 5.74) is -0.572. The van der Waals surface area contributed by atoms with Crippen LogP contribution >= 0.6 is 0 Å². The fraction of sp³-hybridized carbons (Fsp3) is 0.842. The molecular formula is C19H32O8. The van der Waals surface area contributed by atoms with Gasteiger partial charge in [-0.1, -0.05) is 19.8 Å². The van der Waals surface area contributed by atoms with E-state index >= 15 is 0 Å². The molecule has 0 aromatic carbocycles. The molecule has 0 bridgehead atoms. The van der Waals surface area contributed by atoms with Crippen molar-refractivity contribution in [2.75, 3.05) is 19.8 Å². The van der Waals surface area contributed by atoms with Gasteiger partial charge in [0.1, 0.15) is 19.8 Å². The first kappa shape index (κ1) is 23.4. The molecule has 1 aliphatic carbocycles. The summed E-state index contributed by atoms with van der Waals surface area (Å²) in [4.78, 5) is 35.5. The quantitative estimate of drug-likeness (QED) is 0.250. The number of aliphatic hydroxyl groups excluding tert-OH is 1. The summed E-state index contributed by atoms with van der Waals surface area (Å²) < 4.78 is 15.1. The molecule has 156 valence electrons. The zero-order valence-corrected chi connectivity index (χ0v) is 16.4. The Morgan fingerprint density at radius 1 is 1.00 bits per heavy atom. The van der Waals surface area contributed by atoms with Gasteiger partial charge < -0.3 is 24.4 Å². The largest absolute Gasteiger partial charge is 0.465 e. The Balaban J connectivity index is 2.21. The topological polar surface area (TPSA) is 119 Å². The Hall–Kier alpha value is -1.67. The number of rotatable bonds is 10. The lowest BCUT2D eigenvalue weighted by Crippen LogP contribution is -2.36. The van der Waals surface area contributed by atoms with E-state index in [2.05, 4.69) is 0 Å². The summed E-state index contributed by atoms with van der Waals surface area (Å²) >= 11 is 0. The van der Waals surface area contributed by atoms with Gasteiger partial charge >= 0.3 is 17.9 Å². The summed E-state index contributed by atoms with van der Waals surface area (Å²) in [6, 6.07) is 0. The first-order valence-electron chi connectivity index (χ1n) is 9.54. The van der Waals surface area contributed by atoms with E-state index in [9.17, 15) is 24.6 Å². The van der Waals surface area contributed by atoms with Gasteiger partial charge in [0.15, 0.2) is 6.29 Å². The molecule has 0 heterocycles. The third kappa shape index (κ3) is 7.84. The molecule has 1 rings (SSSR count). The normalized spacial score (nSPS) is 20.2. The first-order valence-corrected chi connectivity index (χ1v) is 9.54. The Morgan fingerprint density at radius 2 is 1.63 bits per heavy atom. The highest BCUT2D eigenvalue weighted by atomic mass is 16.6. The lowest BCUT2D eigenvalue weighted by atomic mass is 9.79.